The van der Waals surface area contributed by atoms with Gasteiger partial charge in [-0.1, -0.05) is 47.5 Å². The zero-order valence-corrected chi connectivity index (χ0v) is 19.0. The maximum Gasteiger partial charge on any atom is 0.252 e. The highest BCUT2D eigenvalue weighted by Gasteiger charge is 2.09. The zero-order valence-electron chi connectivity index (χ0n) is 15.2. The van der Waals surface area contributed by atoms with E-state index in [0.717, 1.165) is 11.5 Å². The lowest BCUT2D eigenvalue weighted by Gasteiger charge is -2.22. The largest absolute Gasteiger partial charge is 0.354 e. The van der Waals surface area contributed by atoms with E-state index >= 15 is 0 Å². The number of nitrogens with zero attached hydrogens (tertiary/aromatic N) is 2. The van der Waals surface area contributed by atoms with Gasteiger partial charge in [0.25, 0.3) is 5.91 Å². The lowest BCUT2D eigenvalue weighted by Crippen LogP contribution is -2.42. The van der Waals surface area contributed by atoms with Crippen LogP contribution in [0.2, 0.25) is 10.0 Å². The quantitative estimate of drug-likeness (QED) is 0.261. The molecule has 0 heterocycles. The molecule has 0 saturated carbocycles. The third kappa shape index (κ3) is 7.56. The molecule has 0 atom stereocenters. The molecule has 0 bridgehead atoms. The van der Waals surface area contributed by atoms with Crippen molar-refractivity contribution in [3.8, 4) is 0 Å². The third-order valence-electron chi connectivity index (χ3n) is 3.72. The standard InChI is InChI=1S/C19H22Cl2N4O.HI/c1-22-19(25(2)13-14-7-9-15(20)10-8-14)24-12-11-23-18(26)16-5-3-4-6-17(16)21;/h3-10H,11-13H2,1-2H3,(H,22,24)(H,23,26);1H. The van der Waals surface area contributed by atoms with Gasteiger partial charge in [0, 0.05) is 38.8 Å². The Labute approximate surface area is 187 Å². The van der Waals surface area contributed by atoms with Gasteiger partial charge >= 0.3 is 0 Å². The number of guanidine groups is 1. The van der Waals surface area contributed by atoms with Crippen LogP contribution < -0.4 is 10.6 Å². The van der Waals surface area contributed by atoms with E-state index in [-0.39, 0.29) is 29.9 Å². The Hall–Kier alpha value is -1.51. The Morgan fingerprint density at radius 3 is 2.30 bits per heavy atom. The fourth-order valence-electron chi connectivity index (χ4n) is 2.41. The number of carbonyl (C=O) groups excluding carboxylic acids is 1. The lowest BCUT2D eigenvalue weighted by molar-refractivity contribution is 0.0954. The van der Waals surface area contributed by atoms with Crippen molar-refractivity contribution in [3.63, 3.8) is 0 Å². The second-order valence-electron chi connectivity index (χ2n) is 5.69. The number of aliphatic imine (C=N–C) groups is 1. The maximum absolute atomic E-state index is 12.1. The van der Waals surface area contributed by atoms with Gasteiger partial charge in [-0.3, -0.25) is 9.79 Å². The van der Waals surface area contributed by atoms with Crippen molar-refractivity contribution < 1.29 is 4.79 Å². The maximum atomic E-state index is 12.1. The minimum atomic E-state index is -0.193. The first-order valence-corrected chi connectivity index (χ1v) is 8.96. The van der Waals surface area contributed by atoms with E-state index < -0.39 is 0 Å². The van der Waals surface area contributed by atoms with Crippen LogP contribution >= 0.6 is 47.2 Å². The van der Waals surface area contributed by atoms with E-state index in [1.54, 1.807) is 31.3 Å². The fourth-order valence-corrected chi connectivity index (χ4v) is 2.76. The van der Waals surface area contributed by atoms with Crippen LogP contribution in [-0.2, 0) is 6.54 Å². The predicted molar refractivity (Wildman–Crippen MR) is 123 cm³/mol. The van der Waals surface area contributed by atoms with Gasteiger partial charge in [-0.25, -0.2) is 0 Å². The molecule has 0 radical (unpaired) electrons. The molecule has 0 aliphatic rings. The van der Waals surface area contributed by atoms with Crippen molar-refractivity contribution in [1.29, 1.82) is 0 Å². The van der Waals surface area contributed by atoms with E-state index in [4.69, 9.17) is 23.2 Å². The summed E-state index contributed by atoms with van der Waals surface area (Å²) in [4.78, 5) is 18.4. The summed E-state index contributed by atoms with van der Waals surface area (Å²) in [7, 11) is 3.68. The molecule has 27 heavy (non-hydrogen) atoms. The van der Waals surface area contributed by atoms with E-state index in [1.165, 1.54) is 0 Å². The van der Waals surface area contributed by atoms with Gasteiger partial charge in [0.1, 0.15) is 0 Å². The average molecular weight is 521 g/mol. The van der Waals surface area contributed by atoms with Crippen LogP contribution in [0, 0.1) is 0 Å². The fraction of sp³-hybridized carbons (Fsp3) is 0.263. The number of hydrogen-bond acceptors (Lipinski definition) is 2. The first-order chi connectivity index (χ1) is 12.5. The zero-order chi connectivity index (χ0) is 18.9. The first kappa shape index (κ1) is 23.5. The van der Waals surface area contributed by atoms with Crippen LogP contribution in [0.3, 0.4) is 0 Å². The number of benzene rings is 2. The normalized spacial score (nSPS) is 10.7. The molecule has 2 aromatic rings. The number of hydrogen-bond donors (Lipinski definition) is 2. The molecular formula is C19H23Cl2IN4O. The van der Waals surface area contributed by atoms with Crippen LogP contribution in [0.4, 0.5) is 0 Å². The Bertz CT molecular complexity index is 769. The Balaban J connectivity index is 0.00000364. The Morgan fingerprint density at radius 1 is 1.04 bits per heavy atom. The monoisotopic (exact) mass is 520 g/mol. The third-order valence-corrected chi connectivity index (χ3v) is 4.30. The molecule has 2 rings (SSSR count). The summed E-state index contributed by atoms with van der Waals surface area (Å²) in [6, 6.07) is 14.7. The summed E-state index contributed by atoms with van der Waals surface area (Å²) in [5.74, 6) is 0.550. The van der Waals surface area contributed by atoms with Gasteiger partial charge in [-0.15, -0.1) is 24.0 Å². The van der Waals surface area contributed by atoms with E-state index in [1.807, 2.05) is 36.2 Å². The van der Waals surface area contributed by atoms with Gasteiger partial charge < -0.3 is 15.5 Å². The predicted octanol–water partition coefficient (Wildman–Crippen LogP) is 4.05. The molecule has 1 amide bonds. The van der Waals surface area contributed by atoms with E-state index in [2.05, 4.69) is 15.6 Å². The molecule has 0 fully saturated rings. The van der Waals surface area contributed by atoms with Crippen LogP contribution in [0.25, 0.3) is 0 Å². The highest BCUT2D eigenvalue weighted by atomic mass is 127. The molecule has 2 N–H and O–H groups in total. The topological polar surface area (TPSA) is 56.7 Å². The van der Waals surface area contributed by atoms with Gasteiger partial charge in [-0.05, 0) is 29.8 Å². The summed E-state index contributed by atoms with van der Waals surface area (Å²) < 4.78 is 0. The molecule has 0 aliphatic carbocycles. The molecule has 2 aromatic carbocycles. The van der Waals surface area contributed by atoms with Crippen molar-refractivity contribution in [2.75, 3.05) is 27.2 Å². The SMILES string of the molecule is CN=C(NCCNC(=O)c1ccccc1Cl)N(C)Cc1ccc(Cl)cc1.I. The summed E-state index contributed by atoms with van der Waals surface area (Å²) in [5.41, 5.74) is 1.60. The summed E-state index contributed by atoms with van der Waals surface area (Å²) in [5, 5.41) is 7.22. The van der Waals surface area contributed by atoms with Crippen LogP contribution in [0.1, 0.15) is 15.9 Å². The number of amides is 1. The number of rotatable bonds is 6. The van der Waals surface area contributed by atoms with Crippen molar-refractivity contribution in [2.45, 2.75) is 6.54 Å². The van der Waals surface area contributed by atoms with Gasteiger partial charge in [0.2, 0.25) is 0 Å². The van der Waals surface area contributed by atoms with Crippen LogP contribution in [-0.4, -0.2) is 44.0 Å². The second-order valence-corrected chi connectivity index (χ2v) is 6.54. The highest BCUT2D eigenvalue weighted by molar-refractivity contribution is 14.0. The van der Waals surface area contributed by atoms with E-state index in [9.17, 15) is 4.79 Å². The van der Waals surface area contributed by atoms with Crippen molar-refractivity contribution >= 4 is 59.0 Å². The molecule has 0 saturated heterocycles. The second kappa shape index (κ2) is 12.0. The van der Waals surface area contributed by atoms with Gasteiger partial charge in [-0.2, -0.15) is 0 Å². The molecule has 0 unspecified atom stereocenters. The van der Waals surface area contributed by atoms with Crippen molar-refractivity contribution in [3.05, 3.63) is 69.7 Å². The molecule has 8 heteroatoms. The number of carbonyl (C=O) groups is 1. The van der Waals surface area contributed by atoms with Gasteiger partial charge in [0.05, 0.1) is 10.6 Å². The van der Waals surface area contributed by atoms with E-state index in [0.29, 0.717) is 35.2 Å². The van der Waals surface area contributed by atoms with Gasteiger partial charge in [0.15, 0.2) is 5.96 Å². The highest BCUT2D eigenvalue weighted by Crippen LogP contribution is 2.14. The first-order valence-electron chi connectivity index (χ1n) is 8.20. The Morgan fingerprint density at radius 2 is 1.67 bits per heavy atom. The Kier molecular flexibility index (Phi) is 10.5. The molecule has 5 nitrogen and oxygen atoms in total. The number of nitrogens with one attached hydrogen (secondary N) is 2. The number of halogens is 3. The smallest absolute Gasteiger partial charge is 0.252 e. The molecule has 0 aromatic heterocycles. The molecule has 0 aliphatic heterocycles. The summed E-state index contributed by atoms with van der Waals surface area (Å²) in [6.45, 7) is 1.70. The van der Waals surface area contributed by atoms with Crippen molar-refractivity contribution in [1.82, 2.24) is 15.5 Å². The minimum absolute atomic E-state index is 0. The lowest BCUT2D eigenvalue weighted by atomic mass is 10.2. The molecule has 0 spiro atoms. The minimum Gasteiger partial charge on any atom is -0.354 e. The summed E-state index contributed by atoms with van der Waals surface area (Å²) in [6.07, 6.45) is 0. The van der Waals surface area contributed by atoms with Crippen LogP contribution in [0.5, 0.6) is 0 Å². The molecule has 146 valence electrons. The average Bonchev–Trinajstić information content (AvgIpc) is 2.63. The van der Waals surface area contributed by atoms with Crippen molar-refractivity contribution in [2.24, 2.45) is 4.99 Å². The van der Waals surface area contributed by atoms with Crippen LogP contribution in [0.15, 0.2) is 53.5 Å². The summed E-state index contributed by atoms with van der Waals surface area (Å²) >= 11 is 11.9. The molecular weight excluding hydrogens is 498 g/mol.